The van der Waals surface area contributed by atoms with E-state index in [0.29, 0.717) is 11.3 Å². The van der Waals surface area contributed by atoms with Crippen LogP contribution in [0.15, 0.2) is 12.3 Å². The molecule has 0 aliphatic heterocycles. The molecule has 14 heavy (non-hydrogen) atoms. The summed E-state index contributed by atoms with van der Waals surface area (Å²) in [6.45, 7) is 0. The van der Waals surface area contributed by atoms with E-state index in [9.17, 15) is 4.79 Å². The zero-order valence-electron chi connectivity index (χ0n) is 7.86. The molecule has 2 N–H and O–H groups in total. The Morgan fingerprint density at radius 3 is 2.93 bits per heavy atom. The lowest BCUT2D eigenvalue weighted by molar-refractivity contribution is 0.0600. The van der Waals surface area contributed by atoms with Gasteiger partial charge in [-0.25, -0.2) is 4.79 Å². The molecule has 0 aromatic carbocycles. The lowest BCUT2D eigenvalue weighted by atomic mass is 10.1. The van der Waals surface area contributed by atoms with Crippen molar-refractivity contribution in [1.82, 2.24) is 10.2 Å². The molecule has 1 heterocycles. The van der Waals surface area contributed by atoms with Crippen LogP contribution in [0.3, 0.4) is 0 Å². The fraction of sp³-hybridized carbons (Fsp3) is 0.444. The molecule has 1 saturated carbocycles. The maximum Gasteiger partial charge on any atom is 0.339 e. The first kappa shape index (κ1) is 9.08. The first-order chi connectivity index (χ1) is 6.65. The Hall–Kier alpha value is -1.49. The number of nitrogens with two attached hydrogens (primary N) is 1. The van der Waals surface area contributed by atoms with Crippen molar-refractivity contribution >= 4 is 5.97 Å². The zero-order valence-corrected chi connectivity index (χ0v) is 7.86. The van der Waals surface area contributed by atoms with E-state index in [0.717, 1.165) is 12.8 Å². The molecule has 5 heteroatoms. The van der Waals surface area contributed by atoms with Crippen LogP contribution < -0.4 is 5.73 Å². The second-order valence-corrected chi connectivity index (χ2v) is 3.48. The molecule has 0 bridgehead atoms. The highest BCUT2D eigenvalue weighted by molar-refractivity contribution is 5.88. The van der Waals surface area contributed by atoms with Gasteiger partial charge in [0.25, 0.3) is 0 Å². The summed E-state index contributed by atoms with van der Waals surface area (Å²) in [6.07, 6.45) is 3.17. The molecular weight excluding hydrogens is 182 g/mol. The van der Waals surface area contributed by atoms with Gasteiger partial charge in [0.15, 0.2) is 0 Å². The van der Waals surface area contributed by atoms with E-state index in [2.05, 4.69) is 14.9 Å². The van der Waals surface area contributed by atoms with Crippen LogP contribution in [0.2, 0.25) is 0 Å². The number of carbonyl (C=O) groups excluding carboxylic acids is 1. The minimum atomic E-state index is -0.412. The van der Waals surface area contributed by atoms with Crippen LogP contribution in [0.4, 0.5) is 0 Å². The Morgan fingerprint density at radius 1 is 1.64 bits per heavy atom. The Kier molecular flexibility index (Phi) is 1.96. The summed E-state index contributed by atoms with van der Waals surface area (Å²) >= 11 is 0. The number of rotatable bonds is 2. The highest BCUT2D eigenvalue weighted by Gasteiger charge is 2.42. The number of esters is 1. The number of aromatic nitrogens is 2. The van der Waals surface area contributed by atoms with Gasteiger partial charge in [0.2, 0.25) is 0 Å². The summed E-state index contributed by atoms with van der Waals surface area (Å²) in [7, 11) is 1.33. The second-order valence-electron chi connectivity index (χ2n) is 3.48. The standard InChI is InChI=1S/C9H11N3O2/c1-14-8(13)6-4-7(12-11-5-6)9(10)2-3-9/h4-5H,2-3,10H2,1H3. The fourth-order valence-corrected chi connectivity index (χ4v) is 1.23. The maximum absolute atomic E-state index is 11.2. The van der Waals surface area contributed by atoms with Gasteiger partial charge in [-0.05, 0) is 18.9 Å². The highest BCUT2D eigenvalue weighted by atomic mass is 16.5. The smallest absolute Gasteiger partial charge is 0.339 e. The molecule has 0 spiro atoms. The molecular formula is C9H11N3O2. The van der Waals surface area contributed by atoms with Crippen molar-refractivity contribution in [3.63, 3.8) is 0 Å². The molecule has 1 aromatic heterocycles. The van der Waals surface area contributed by atoms with Crippen LogP contribution >= 0.6 is 0 Å². The summed E-state index contributed by atoms with van der Waals surface area (Å²) in [5, 5.41) is 7.64. The van der Waals surface area contributed by atoms with Crippen molar-refractivity contribution in [2.45, 2.75) is 18.4 Å². The van der Waals surface area contributed by atoms with Crippen molar-refractivity contribution in [1.29, 1.82) is 0 Å². The lowest BCUT2D eigenvalue weighted by Crippen LogP contribution is -2.21. The first-order valence-electron chi connectivity index (χ1n) is 4.36. The second kappa shape index (κ2) is 3.02. The van der Waals surface area contributed by atoms with Crippen LogP contribution in [-0.4, -0.2) is 23.3 Å². The molecule has 0 atom stereocenters. The van der Waals surface area contributed by atoms with E-state index < -0.39 is 5.97 Å². The molecule has 1 aliphatic carbocycles. The van der Waals surface area contributed by atoms with Gasteiger partial charge in [0, 0.05) is 0 Å². The van der Waals surface area contributed by atoms with Gasteiger partial charge in [-0.3, -0.25) is 0 Å². The van der Waals surface area contributed by atoms with E-state index in [-0.39, 0.29) is 5.54 Å². The largest absolute Gasteiger partial charge is 0.465 e. The Bertz CT molecular complexity index is 374. The molecule has 74 valence electrons. The first-order valence-corrected chi connectivity index (χ1v) is 4.36. The molecule has 1 aliphatic rings. The molecule has 1 aromatic rings. The summed E-state index contributed by atoms with van der Waals surface area (Å²) in [5.41, 5.74) is 6.62. The minimum Gasteiger partial charge on any atom is -0.465 e. The van der Waals surface area contributed by atoms with Gasteiger partial charge in [-0.2, -0.15) is 10.2 Å². The summed E-state index contributed by atoms with van der Waals surface area (Å²) in [4.78, 5) is 11.2. The van der Waals surface area contributed by atoms with Crippen molar-refractivity contribution in [2.24, 2.45) is 5.73 Å². The van der Waals surface area contributed by atoms with Crippen LogP contribution in [0, 0.1) is 0 Å². The van der Waals surface area contributed by atoms with Gasteiger partial charge in [-0.1, -0.05) is 0 Å². The van der Waals surface area contributed by atoms with Crippen molar-refractivity contribution < 1.29 is 9.53 Å². The number of hydrogen-bond donors (Lipinski definition) is 1. The molecule has 2 rings (SSSR count). The van der Waals surface area contributed by atoms with E-state index in [4.69, 9.17) is 5.73 Å². The highest BCUT2D eigenvalue weighted by Crippen LogP contribution is 2.41. The van der Waals surface area contributed by atoms with E-state index in [1.807, 2.05) is 0 Å². The molecule has 0 radical (unpaired) electrons. The molecule has 5 nitrogen and oxygen atoms in total. The van der Waals surface area contributed by atoms with Crippen molar-refractivity contribution in [2.75, 3.05) is 7.11 Å². The van der Waals surface area contributed by atoms with Gasteiger partial charge in [0.1, 0.15) is 0 Å². The van der Waals surface area contributed by atoms with E-state index >= 15 is 0 Å². The predicted octanol–water partition coefficient (Wildman–Crippen LogP) is 0.211. The van der Waals surface area contributed by atoms with Crippen molar-refractivity contribution in [3.05, 3.63) is 23.5 Å². The summed E-state index contributed by atoms with van der Waals surface area (Å²) < 4.78 is 4.58. The number of methoxy groups -OCH3 is 1. The Morgan fingerprint density at radius 2 is 2.36 bits per heavy atom. The van der Waals surface area contributed by atoms with E-state index in [1.54, 1.807) is 6.07 Å². The van der Waals surface area contributed by atoms with Gasteiger partial charge in [-0.15, -0.1) is 0 Å². The third-order valence-corrected chi connectivity index (χ3v) is 2.37. The molecule has 1 fully saturated rings. The van der Waals surface area contributed by atoms with Crippen LogP contribution in [0.5, 0.6) is 0 Å². The van der Waals surface area contributed by atoms with E-state index in [1.165, 1.54) is 13.3 Å². The van der Waals surface area contributed by atoms with Crippen LogP contribution in [0.25, 0.3) is 0 Å². The molecule has 0 amide bonds. The summed E-state index contributed by atoms with van der Waals surface area (Å²) in [5.74, 6) is -0.412. The number of hydrogen-bond acceptors (Lipinski definition) is 5. The molecule has 0 unspecified atom stereocenters. The quantitative estimate of drug-likeness (QED) is 0.679. The Labute approximate surface area is 81.3 Å². The monoisotopic (exact) mass is 193 g/mol. The SMILES string of the molecule is COC(=O)c1cnnc(C2(N)CC2)c1. The van der Waals surface area contributed by atoms with Crippen LogP contribution in [0.1, 0.15) is 28.9 Å². The minimum absolute atomic E-state index is 0.364. The number of ether oxygens (including phenoxy) is 1. The molecule has 0 saturated heterocycles. The zero-order chi connectivity index (χ0) is 10.2. The Balaban J connectivity index is 2.32. The van der Waals surface area contributed by atoms with Gasteiger partial charge in [0.05, 0.1) is 30.1 Å². The lowest BCUT2D eigenvalue weighted by Gasteiger charge is -2.07. The van der Waals surface area contributed by atoms with Crippen LogP contribution in [-0.2, 0) is 10.3 Å². The average molecular weight is 193 g/mol. The van der Waals surface area contributed by atoms with Crippen molar-refractivity contribution in [3.8, 4) is 0 Å². The van der Waals surface area contributed by atoms with Gasteiger partial charge < -0.3 is 10.5 Å². The fourth-order valence-electron chi connectivity index (χ4n) is 1.23. The third kappa shape index (κ3) is 1.46. The topological polar surface area (TPSA) is 78.1 Å². The number of nitrogens with zero attached hydrogens (tertiary/aromatic N) is 2. The average Bonchev–Trinajstić information content (AvgIpc) is 2.97. The predicted molar refractivity (Wildman–Crippen MR) is 48.5 cm³/mol. The number of carbonyl (C=O) groups is 1. The third-order valence-electron chi connectivity index (χ3n) is 2.37. The maximum atomic E-state index is 11.2. The summed E-state index contributed by atoms with van der Waals surface area (Å²) in [6, 6.07) is 1.64. The normalized spacial score (nSPS) is 17.6. The van der Waals surface area contributed by atoms with Gasteiger partial charge >= 0.3 is 5.97 Å².